The molecule has 0 bridgehead atoms. The van der Waals surface area contributed by atoms with Gasteiger partial charge in [-0.05, 0) is 52.0 Å². The maximum absolute atomic E-state index is 13.6. The van der Waals surface area contributed by atoms with Crippen LogP contribution in [0.1, 0.15) is 20.8 Å². The van der Waals surface area contributed by atoms with Crippen LogP contribution in [0.15, 0.2) is 34.1 Å². The molecule has 0 fully saturated rings. The Bertz CT molecular complexity index is 582. The monoisotopic (exact) mass is 327 g/mol. The zero-order valence-electron chi connectivity index (χ0n) is 9.67. The van der Waals surface area contributed by atoms with Gasteiger partial charge in [0.25, 0.3) is 5.91 Å². The molecular weight excluding hydrogens is 317 g/mol. The van der Waals surface area contributed by atoms with Gasteiger partial charge in [-0.1, -0.05) is 6.07 Å². The van der Waals surface area contributed by atoms with Crippen LogP contribution in [0.3, 0.4) is 0 Å². The van der Waals surface area contributed by atoms with Crippen molar-refractivity contribution in [2.24, 2.45) is 0 Å². The maximum atomic E-state index is 13.6. The molecule has 0 saturated heterocycles. The van der Waals surface area contributed by atoms with E-state index in [1.165, 1.54) is 23.5 Å². The van der Waals surface area contributed by atoms with Gasteiger partial charge in [-0.15, -0.1) is 11.3 Å². The van der Waals surface area contributed by atoms with Crippen molar-refractivity contribution in [3.63, 3.8) is 0 Å². The van der Waals surface area contributed by atoms with Gasteiger partial charge >= 0.3 is 0 Å². The number of nitrogens with one attached hydrogen (secondary N) is 1. The van der Waals surface area contributed by atoms with Gasteiger partial charge in [-0.3, -0.25) is 4.79 Å². The molecule has 0 unspecified atom stereocenters. The highest BCUT2D eigenvalue weighted by atomic mass is 79.9. The summed E-state index contributed by atoms with van der Waals surface area (Å²) >= 11 is 4.92. The largest absolute Gasteiger partial charge is 0.347 e. The summed E-state index contributed by atoms with van der Waals surface area (Å²) in [4.78, 5) is 12.8. The fourth-order valence-electron chi connectivity index (χ4n) is 1.51. The lowest BCUT2D eigenvalue weighted by atomic mass is 10.1. The van der Waals surface area contributed by atoms with Crippen LogP contribution in [0, 0.1) is 12.7 Å². The van der Waals surface area contributed by atoms with Crippen LogP contribution < -0.4 is 5.32 Å². The SMILES string of the molecule is Cc1ccc(C(=O)NCc2sccc2Br)c(F)c1. The lowest BCUT2D eigenvalue weighted by Gasteiger charge is -2.06. The van der Waals surface area contributed by atoms with Gasteiger partial charge in [-0.25, -0.2) is 4.39 Å². The molecule has 0 atom stereocenters. The van der Waals surface area contributed by atoms with Crippen molar-refractivity contribution in [1.82, 2.24) is 5.32 Å². The van der Waals surface area contributed by atoms with E-state index >= 15 is 0 Å². The van der Waals surface area contributed by atoms with Gasteiger partial charge in [0.05, 0.1) is 12.1 Å². The summed E-state index contributed by atoms with van der Waals surface area (Å²) in [5.41, 5.74) is 0.873. The molecule has 1 amide bonds. The minimum absolute atomic E-state index is 0.0771. The summed E-state index contributed by atoms with van der Waals surface area (Å²) < 4.78 is 14.5. The fourth-order valence-corrected chi connectivity index (χ4v) is 2.94. The highest BCUT2D eigenvalue weighted by Crippen LogP contribution is 2.22. The van der Waals surface area contributed by atoms with Gasteiger partial charge in [0.15, 0.2) is 0 Å². The van der Waals surface area contributed by atoms with Gasteiger partial charge < -0.3 is 5.32 Å². The number of carbonyl (C=O) groups is 1. The van der Waals surface area contributed by atoms with Crippen molar-refractivity contribution >= 4 is 33.2 Å². The number of carbonyl (C=O) groups excluding carboxylic acids is 1. The number of benzene rings is 1. The van der Waals surface area contributed by atoms with Crippen LogP contribution in [0.4, 0.5) is 4.39 Å². The molecule has 18 heavy (non-hydrogen) atoms. The first-order valence-electron chi connectivity index (χ1n) is 5.34. The zero-order chi connectivity index (χ0) is 13.1. The number of aryl methyl sites for hydroxylation is 1. The van der Waals surface area contributed by atoms with E-state index in [-0.39, 0.29) is 5.56 Å². The number of hydrogen-bond donors (Lipinski definition) is 1. The molecule has 0 spiro atoms. The molecule has 2 aromatic rings. The smallest absolute Gasteiger partial charge is 0.254 e. The van der Waals surface area contributed by atoms with Crippen molar-refractivity contribution in [1.29, 1.82) is 0 Å². The van der Waals surface area contributed by atoms with Crippen LogP contribution in [0.5, 0.6) is 0 Å². The number of hydrogen-bond acceptors (Lipinski definition) is 2. The van der Waals surface area contributed by atoms with Crippen molar-refractivity contribution in [3.05, 3.63) is 55.9 Å². The van der Waals surface area contributed by atoms with Gasteiger partial charge in [0.1, 0.15) is 5.82 Å². The van der Waals surface area contributed by atoms with E-state index in [4.69, 9.17) is 0 Å². The summed E-state index contributed by atoms with van der Waals surface area (Å²) in [6.07, 6.45) is 0. The lowest BCUT2D eigenvalue weighted by Crippen LogP contribution is -2.23. The summed E-state index contributed by atoms with van der Waals surface area (Å²) in [6, 6.07) is 6.50. The summed E-state index contributed by atoms with van der Waals surface area (Å²) in [5, 5.41) is 4.63. The second kappa shape index (κ2) is 5.63. The highest BCUT2D eigenvalue weighted by Gasteiger charge is 2.12. The number of amides is 1. The Morgan fingerprint density at radius 3 is 2.83 bits per heavy atom. The number of halogens is 2. The van der Waals surface area contributed by atoms with E-state index in [0.29, 0.717) is 6.54 Å². The van der Waals surface area contributed by atoms with Crippen LogP contribution in [-0.4, -0.2) is 5.91 Å². The molecule has 94 valence electrons. The summed E-state index contributed by atoms with van der Waals surface area (Å²) in [7, 11) is 0. The third-order valence-corrected chi connectivity index (χ3v) is 4.40. The van der Waals surface area contributed by atoms with Crippen LogP contribution in [-0.2, 0) is 6.54 Å². The minimum Gasteiger partial charge on any atom is -0.347 e. The number of rotatable bonds is 3. The zero-order valence-corrected chi connectivity index (χ0v) is 12.1. The molecule has 0 saturated carbocycles. The Hall–Kier alpha value is -1.20. The Morgan fingerprint density at radius 1 is 1.44 bits per heavy atom. The summed E-state index contributed by atoms with van der Waals surface area (Å²) in [5.74, 6) is -0.884. The molecule has 0 aliphatic carbocycles. The Kier molecular flexibility index (Phi) is 4.14. The predicted octanol–water partition coefficient (Wildman–Crippen LogP) is 3.89. The molecule has 0 radical (unpaired) electrons. The van der Waals surface area contributed by atoms with E-state index in [2.05, 4.69) is 21.2 Å². The first-order chi connectivity index (χ1) is 8.58. The van der Waals surface area contributed by atoms with E-state index in [1.54, 1.807) is 13.0 Å². The van der Waals surface area contributed by atoms with Crippen molar-refractivity contribution < 1.29 is 9.18 Å². The van der Waals surface area contributed by atoms with Gasteiger partial charge in [0, 0.05) is 9.35 Å². The molecule has 1 N–H and O–H groups in total. The third-order valence-electron chi connectivity index (χ3n) is 2.47. The molecule has 1 heterocycles. The average molecular weight is 328 g/mol. The molecule has 5 heteroatoms. The second-order valence-electron chi connectivity index (χ2n) is 3.86. The Labute approximate surface area is 117 Å². The van der Waals surface area contributed by atoms with Crippen molar-refractivity contribution in [2.75, 3.05) is 0 Å². The topological polar surface area (TPSA) is 29.1 Å². The average Bonchev–Trinajstić information content (AvgIpc) is 2.72. The molecule has 1 aromatic carbocycles. The van der Waals surface area contributed by atoms with Crippen molar-refractivity contribution in [3.8, 4) is 0 Å². The van der Waals surface area contributed by atoms with Crippen LogP contribution in [0.2, 0.25) is 0 Å². The lowest BCUT2D eigenvalue weighted by molar-refractivity contribution is 0.0947. The predicted molar refractivity (Wildman–Crippen MR) is 74.3 cm³/mol. The maximum Gasteiger partial charge on any atom is 0.254 e. The Morgan fingerprint density at radius 2 is 2.22 bits per heavy atom. The molecular formula is C13H11BrFNOS. The normalized spacial score (nSPS) is 10.4. The highest BCUT2D eigenvalue weighted by molar-refractivity contribution is 9.10. The molecule has 2 nitrogen and oxygen atoms in total. The quantitative estimate of drug-likeness (QED) is 0.910. The minimum atomic E-state index is -0.488. The standard InChI is InChI=1S/C13H11BrFNOS/c1-8-2-3-9(11(15)6-8)13(17)16-7-12-10(14)4-5-18-12/h2-6H,7H2,1H3,(H,16,17). The molecule has 2 rings (SSSR count). The molecule has 0 aliphatic heterocycles. The van der Waals surface area contributed by atoms with E-state index in [1.807, 2.05) is 11.4 Å². The van der Waals surface area contributed by atoms with Crippen LogP contribution >= 0.6 is 27.3 Å². The third kappa shape index (κ3) is 2.97. The van der Waals surface area contributed by atoms with Crippen LogP contribution in [0.25, 0.3) is 0 Å². The molecule has 0 aliphatic rings. The van der Waals surface area contributed by atoms with E-state index < -0.39 is 11.7 Å². The first-order valence-corrected chi connectivity index (χ1v) is 7.01. The van der Waals surface area contributed by atoms with E-state index in [0.717, 1.165) is 14.9 Å². The number of thiophene rings is 1. The Balaban J connectivity index is 2.06. The fraction of sp³-hybridized carbons (Fsp3) is 0.154. The first kappa shape index (κ1) is 13.2. The van der Waals surface area contributed by atoms with Gasteiger partial charge in [-0.2, -0.15) is 0 Å². The second-order valence-corrected chi connectivity index (χ2v) is 5.71. The van der Waals surface area contributed by atoms with Gasteiger partial charge in [0.2, 0.25) is 0 Å². The van der Waals surface area contributed by atoms with E-state index in [9.17, 15) is 9.18 Å². The van der Waals surface area contributed by atoms with Crippen molar-refractivity contribution in [2.45, 2.75) is 13.5 Å². The molecule has 1 aromatic heterocycles. The summed E-state index contributed by atoms with van der Waals surface area (Å²) in [6.45, 7) is 2.18.